The molecule has 1 aromatic carbocycles. The van der Waals surface area contributed by atoms with Crippen LogP contribution in [0.3, 0.4) is 0 Å². The van der Waals surface area contributed by atoms with E-state index in [0.29, 0.717) is 6.42 Å². The highest BCUT2D eigenvalue weighted by molar-refractivity contribution is 7.91. The van der Waals surface area contributed by atoms with Crippen LogP contribution < -0.4 is 5.32 Å². The molecule has 0 unspecified atom stereocenters. The third-order valence-corrected chi connectivity index (χ3v) is 5.10. The van der Waals surface area contributed by atoms with Crippen LogP contribution in [0.2, 0.25) is 0 Å². The predicted octanol–water partition coefficient (Wildman–Crippen LogP) is 1.65. The molecule has 1 aliphatic rings. The molecule has 1 fully saturated rings. The Kier molecular flexibility index (Phi) is 3.80. The van der Waals surface area contributed by atoms with Gasteiger partial charge in [-0.15, -0.1) is 0 Å². The van der Waals surface area contributed by atoms with Crippen molar-refractivity contribution < 1.29 is 13.2 Å². The average Bonchev–Trinajstić information content (AvgIpc) is 2.68. The smallest absolute Gasteiger partial charge is 0.321 e. The van der Waals surface area contributed by atoms with Crippen LogP contribution in [0.15, 0.2) is 24.3 Å². The SMILES string of the molecule is Cc1cccc(NC(=O)N(C)[C@@H]2CCS(=O)(=O)C2)c1. The lowest BCUT2D eigenvalue weighted by Gasteiger charge is -2.23. The van der Waals surface area contributed by atoms with Crippen molar-refractivity contribution in [1.82, 2.24) is 4.90 Å². The largest absolute Gasteiger partial charge is 0.324 e. The molecule has 0 aromatic heterocycles. The third kappa shape index (κ3) is 3.47. The molecule has 2 rings (SSSR count). The van der Waals surface area contributed by atoms with Crippen LogP contribution in [0.4, 0.5) is 10.5 Å². The molecule has 2 amide bonds. The van der Waals surface area contributed by atoms with Crippen LogP contribution in [-0.2, 0) is 9.84 Å². The molecule has 0 bridgehead atoms. The van der Waals surface area contributed by atoms with Crippen LogP contribution >= 0.6 is 0 Å². The lowest BCUT2D eigenvalue weighted by Crippen LogP contribution is -2.40. The van der Waals surface area contributed by atoms with Crippen LogP contribution in [-0.4, -0.2) is 43.9 Å². The Balaban J connectivity index is 2.00. The summed E-state index contributed by atoms with van der Waals surface area (Å²) in [7, 11) is -1.34. The zero-order valence-corrected chi connectivity index (χ0v) is 11.9. The lowest BCUT2D eigenvalue weighted by atomic mass is 10.2. The summed E-state index contributed by atoms with van der Waals surface area (Å²) in [6.45, 7) is 1.95. The summed E-state index contributed by atoms with van der Waals surface area (Å²) in [6, 6.07) is 7.00. The monoisotopic (exact) mass is 282 g/mol. The summed E-state index contributed by atoms with van der Waals surface area (Å²) in [5, 5.41) is 2.78. The number of rotatable bonds is 2. The Bertz CT molecular complexity index is 583. The second-order valence-corrected chi connectivity index (χ2v) is 7.20. The van der Waals surface area contributed by atoms with E-state index in [1.807, 2.05) is 31.2 Å². The highest BCUT2D eigenvalue weighted by Crippen LogP contribution is 2.18. The lowest BCUT2D eigenvalue weighted by molar-refractivity contribution is 0.209. The number of amides is 2. The fourth-order valence-electron chi connectivity index (χ4n) is 2.18. The van der Waals surface area contributed by atoms with Crippen LogP contribution in [0.25, 0.3) is 0 Å². The topological polar surface area (TPSA) is 66.5 Å². The molecule has 0 radical (unpaired) electrons. The molecule has 1 N–H and O–H groups in total. The summed E-state index contributed by atoms with van der Waals surface area (Å²) in [6.07, 6.45) is 0.514. The van der Waals surface area contributed by atoms with Gasteiger partial charge in [0.05, 0.1) is 11.5 Å². The highest BCUT2D eigenvalue weighted by atomic mass is 32.2. The van der Waals surface area contributed by atoms with Gasteiger partial charge in [0.1, 0.15) is 0 Å². The first kappa shape index (κ1) is 13.9. The predicted molar refractivity (Wildman–Crippen MR) is 75.0 cm³/mol. The fourth-order valence-corrected chi connectivity index (χ4v) is 3.96. The number of hydrogen-bond acceptors (Lipinski definition) is 3. The van der Waals surface area contributed by atoms with Gasteiger partial charge >= 0.3 is 6.03 Å². The van der Waals surface area contributed by atoms with Gasteiger partial charge in [0.15, 0.2) is 9.84 Å². The number of carbonyl (C=O) groups is 1. The van der Waals surface area contributed by atoms with Crippen LogP contribution in [0, 0.1) is 6.92 Å². The number of urea groups is 1. The van der Waals surface area contributed by atoms with Gasteiger partial charge in [-0.05, 0) is 31.0 Å². The molecule has 1 heterocycles. The Morgan fingerprint density at radius 3 is 2.74 bits per heavy atom. The second-order valence-electron chi connectivity index (χ2n) is 4.97. The quantitative estimate of drug-likeness (QED) is 0.897. The third-order valence-electron chi connectivity index (χ3n) is 3.35. The van der Waals surface area contributed by atoms with Crippen molar-refractivity contribution in [1.29, 1.82) is 0 Å². The van der Waals surface area contributed by atoms with E-state index < -0.39 is 9.84 Å². The number of nitrogens with one attached hydrogen (secondary N) is 1. The van der Waals surface area contributed by atoms with Gasteiger partial charge in [0.25, 0.3) is 0 Å². The van der Waals surface area contributed by atoms with Crippen molar-refractivity contribution in [2.75, 3.05) is 23.9 Å². The first-order chi connectivity index (χ1) is 8.87. The van der Waals surface area contributed by atoms with Gasteiger partial charge in [-0.1, -0.05) is 12.1 Å². The Morgan fingerprint density at radius 1 is 1.42 bits per heavy atom. The molecule has 0 aliphatic carbocycles. The Hall–Kier alpha value is -1.56. The van der Waals surface area contributed by atoms with Gasteiger partial charge in [0, 0.05) is 18.8 Å². The van der Waals surface area contributed by atoms with E-state index in [0.717, 1.165) is 11.3 Å². The molecule has 1 atom stereocenters. The Morgan fingerprint density at radius 2 is 2.16 bits per heavy atom. The summed E-state index contributed by atoms with van der Waals surface area (Å²) < 4.78 is 22.8. The van der Waals surface area contributed by atoms with Crippen molar-refractivity contribution in [2.24, 2.45) is 0 Å². The molecule has 0 saturated carbocycles. The molecule has 0 spiro atoms. The van der Waals surface area contributed by atoms with E-state index in [1.165, 1.54) is 4.90 Å². The van der Waals surface area contributed by atoms with Gasteiger partial charge in [-0.25, -0.2) is 13.2 Å². The number of sulfone groups is 1. The number of carbonyl (C=O) groups excluding carboxylic acids is 1. The molecule has 1 aliphatic heterocycles. The van der Waals surface area contributed by atoms with Crippen molar-refractivity contribution >= 4 is 21.6 Å². The summed E-state index contributed by atoms with van der Waals surface area (Å²) >= 11 is 0. The molecule has 6 heteroatoms. The molecule has 1 saturated heterocycles. The highest BCUT2D eigenvalue weighted by Gasteiger charge is 2.32. The number of anilines is 1. The van der Waals surface area contributed by atoms with E-state index in [-0.39, 0.29) is 23.6 Å². The van der Waals surface area contributed by atoms with E-state index in [4.69, 9.17) is 0 Å². The molecule has 5 nitrogen and oxygen atoms in total. The molecule has 1 aromatic rings. The maximum Gasteiger partial charge on any atom is 0.321 e. The maximum absolute atomic E-state index is 12.0. The maximum atomic E-state index is 12.0. The van der Waals surface area contributed by atoms with Gasteiger partial charge in [-0.3, -0.25) is 0 Å². The van der Waals surface area contributed by atoms with E-state index >= 15 is 0 Å². The van der Waals surface area contributed by atoms with Crippen molar-refractivity contribution in [3.05, 3.63) is 29.8 Å². The van der Waals surface area contributed by atoms with Gasteiger partial charge in [0.2, 0.25) is 0 Å². The molecular weight excluding hydrogens is 264 g/mol. The number of benzene rings is 1. The minimum Gasteiger partial charge on any atom is -0.324 e. The molecular formula is C13H18N2O3S. The average molecular weight is 282 g/mol. The minimum atomic E-state index is -2.98. The summed E-state index contributed by atoms with van der Waals surface area (Å²) in [4.78, 5) is 13.5. The van der Waals surface area contributed by atoms with Crippen molar-refractivity contribution in [3.63, 3.8) is 0 Å². The number of aryl methyl sites for hydroxylation is 1. The summed E-state index contributed by atoms with van der Waals surface area (Å²) in [5.41, 5.74) is 1.78. The van der Waals surface area contributed by atoms with E-state index in [2.05, 4.69) is 5.32 Å². The number of nitrogens with zero attached hydrogens (tertiary/aromatic N) is 1. The second kappa shape index (κ2) is 5.21. The Labute approximate surface area is 113 Å². The van der Waals surface area contributed by atoms with Gasteiger partial charge < -0.3 is 10.2 Å². The number of hydrogen-bond donors (Lipinski definition) is 1. The van der Waals surface area contributed by atoms with E-state index in [1.54, 1.807) is 7.05 Å². The minimum absolute atomic E-state index is 0.0603. The normalized spacial score (nSPS) is 21.1. The first-order valence-corrected chi connectivity index (χ1v) is 8.00. The zero-order chi connectivity index (χ0) is 14.0. The standard InChI is InChI=1S/C13H18N2O3S/c1-10-4-3-5-11(8-10)14-13(16)15(2)12-6-7-19(17,18)9-12/h3-5,8,12H,6-7,9H2,1-2H3,(H,14,16)/t12-/m1/s1. The molecule has 104 valence electrons. The van der Waals surface area contributed by atoms with Crippen molar-refractivity contribution in [3.8, 4) is 0 Å². The van der Waals surface area contributed by atoms with Gasteiger partial charge in [-0.2, -0.15) is 0 Å². The van der Waals surface area contributed by atoms with E-state index in [9.17, 15) is 13.2 Å². The zero-order valence-electron chi connectivity index (χ0n) is 11.1. The molecule has 19 heavy (non-hydrogen) atoms. The fraction of sp³-hybridized carbons (Fsp3) is 0.462. The van der Waals surface area contributed by atoms with Crippen LogP contribution in [0.1, 0.15) is 12.0 Å². The summed E-state index contributed by atoms with van der Waals surface area (Å²) in [5.74, 6) is 0.227. The van der Waals surface area contributed by atoms with Crippen molar-refractivity contribution in [2.45, 2.75) is 19.4 Å². The first-order valence-electron chi connectivity index (χ1n) is 6.18. The van der Waals surface area contributed by atoms with Crippen LogP contribution in [0.5, 0.6) is 0 Å².